The predicted molar refractivity (Wildman–Crippen MR) is 90.6 cm³/mol. The van der Waals surface area contributed by atoms with E-state index in [9.17, 15) is 4.79 Å². The molecule has 116 valence electrons. The van der Waals surface area contributed by atoms with Gasteiger partial charge in [-0.1, -0.05) is 26.0 Å². The molecule has 4 nitrogen and oxygen atoms in total. The number of carbonyl (C=O) groups excluding carboxylic acids is 1. The van der Waals surface area contributed by atoms with Crippen LogP contribution in [-0.4, -0.2) is 19.6 Å². The monoisotopic (exact) mass is 298 g/mol. The Morgan fingerprint density at radius 3 is 2.14 bits per heavy atom. The summed E-state index contributed by atoms with van der Waals surface area (Å²) >= 11 is 0. The van der Waals surface area contributed by atoms with Crippen LogP contribution in [0.4, 0.5) is 11.4 Å². The summed E-state index contributed by atoms with van der Waals surface area (Å²) in [5.74, 6) is 1.20. The van der Waals surface area contributed by atoms with Gasteiger partial charge in [0.1, 0.15) is 5.75 Å². The molecule has 0 unspecified atom stereocenters. The number of rotatable bonds is 6. The molecule has 0 aliphatic heterocycles. The van der Waals surface area contributed by atoms with E-state index < -0.39 is 0 Å². The zero-order valence-corrected chi connectivity index (χ0v) is 13.2. The lowest BCUT2D eigenvalue weighted by Crippen LogP contribution is -2.21. The third kappa shape index (κ3) is 4.52. The van der Waals surface area contributed by atoms with E-state index >= 15 is 0 Å². The Kier molecular flexibility index (Phi) is 5.42. The summed E-state index contributed by atoms with van der Waals surface area (Å²) in [6.07, 6.45) is 0. The van der Waals surface area contributed by atoms with Crippen molar-refractivity contribution in [2.45, 2.75) is 19.8 Å². The van der Waals surface area contributed by atoms with E-state index in [1.807, 2.05) is 48.5 Å². The Balaban J connectivity index is 1.84. The average Bonchev–Trinajstić information content (AvgIpc) is 2.54. The number of benzene rings is 2. The lowest BCUT2D eigenvalue weighted by atomic mass is 10.0. The number of amides is 1. The number of carbonyl (C=O) groups is 1. The Hall–Kier alpha value is -2.49. The molecule has 0 aliphatic carbocycles. The van der Waals surface area contributed by atoms with Crippen molar-refractivity contribution in [1.29, 1.82) is 0 Å². The van der Waals surface area contributed by atoms with Crippen LogP contribution in [0.25, 0.3) is 0 Å². The average molecular weight is 298 g/mol. The van der Waals surface area contributed by atoms with Gasteiger partial charge < -0.3 is 15.4 Å². The first-order valence-corrected chi connectivity index (χ1v) is 7.36. The van der Waals surface area contributed by atoms with Crippen molar-refractivity contribution in [2.24, 2.45) is 0 Å². The van der Waals surface area contributed by atoms with Crippen molar-refractivity contribution in [2.75, 3.05) is 24.3 Å². The first kappa shape index (κ1) is 15.9. The summed E-state index contributed by atoms with van der Waals surface area (Å²) in [6, 6.07) is 15.4. The molecular weight excluding hydrogens is 276 g/mol. The van der Waals surface area contributed by atoms with Crippen molar-refractivity contribution in [3.05, 3.63) is 54.1 Å². The van der Waals surface area contributed by atoms with Gasteiger partial charge in [0.05, 0.1) is 13.7 Å². The number of hydrogen-bond acceptors (Lipinski definition) is 3. The first-order valence-electron chi connectivity index (χ1n) is 7.36. The molecule has 0 radical (unpaired) electrons. The van der Waals surface area contributed by atoms with E-state index in [1.54, 1.807) is 7.11 Å². The van der Waals surface area contributed by atoms with Gasteiger partial charge in [-0.05, 0) is 47.9 Å². The van der Waals surface area contributed by atoms with Crippen molar-refractivity contribution in [3.8, 4) is 5.75 Å². The maximum Gasteiger partial charge on any atom is 0.243 e. The minimum Gasteiger partial charge on any atom is -0.497 e. The van der Waals surface area contributed by atoms with Crippen LogP contribution >= 0.6 is 0 Å². The molecule has 2 aromatic rings. The van der Waals surface area contributed by atoms with Gasteiger partial charge in [-0.3, -0.25) is 4.79 Å². The molecule has 0 saturated carbocycles. The summed E-state index contributed by atoms with van der Waals surface area (Å²) in [4.78, 5) is 11.9. The third-order valence-electron chi connectivity index (χ3n) is 3.40. The summed E-state index contributed by atoms with van der Waals surface area (Å²) in [5.41, 5.74) is 2.95. The fourth-order valence-electron chi connectivity index (χ4n) is 2.05. The number of nitrogens with one attached hydrogen (secondary N) is 2. The zero-order valence-electron chi connectivity index (χ0n) is 13.2. The van der Waals surface area contributed by atoms with E-state index in [4.69, 9.17) is 4.74 Å². The zero-order chi connectivity index (χ0) is 15.9. The molecule has 0 aromatic heterocycles. The second-order valence-corrected chi connectivity index (χ2v) is 5.41. The summed E-state index contributed by atoms with van der Waals surface area (Å²) < 4.78 is 5.09. The highest BCUT2D eigenvalue weighted by atomic mass is 16.5. The van der Waals surface area contributed by atoms with Crippen molar-refractivity contribution >= 4 is 17.3 Å². The van der Waals surface area contributed by atoms with Crippen molar-refractivity contribution < 1.29 is 9.53 Å². The highest BCUT2D eigenvalue weighted by Gasteiger charge is 2.04. The Morgan fingerprint density at radius 1 is 1.00 bits per heavy atom. The minimum absolute atomic E-state index is 0.0758. The van der Waals surface area contributed by atoms with Gasteiger partial charge in [0, 0.05) is 11.4 Å². The molecular formula is C18H22N2O2. The Bertz CT molecular complexity index is 604. The second kappa shape index (κ2) is 7.50. The van der Waals surface area contributed by atoms with Crippen LogP contribution in [0, 0.1) is 0 Å². The van der Waals surface area contributed by atoms with Gasteiger partial charge in [-0.2, -0.15) is 0 Å². The van der Waals surface area contributed by atoms with Gasteiger partial charge >= 0.3 is 0 Å². The molecule has 0 fully saturated rings. The smallest absolute Gasteiger partial charge is 0.243 e. The molecule has 0 bridgehead atoms. The van der Waals surface area contributed by atoms with E-state index in [0.717, 1.165) is 17.1 Å². The van der Waals surface area contributed by atoms with Crippen LogP contribution in [0.5, 0.6) is 5.75 Å². The number of anilines is 2. The maximum atomic E-state index is 11.9. The largest absolute Gasteiger partial charge is 0.497 e. The molecule has 0 heterocycles. The lowest BCUT2D eigenvalue weighted by molar-refractivity contribution is -0.114. The Morgan fingerprint density at radius 2 is 1.59 bits per heavy atom. The third-order valence-corrected chi connectivity index (χ3v) is 3.40. The van der Waals surface area contributed by atoms with Gasteiger partial charge in [-0.25, -0.2) is 0 Å². The summed E-state index contributed by atoms with van der Waals surface area (Å²) in [6.45, 7) is 4.51. The molecule has 0 aliphatic rings. The maximum absolute atomic E-state index is 11.9. The van der Waals surface area contributed by atoms with Crippen LogP contribution in [0.3, 0.4) is 0 Å². The molecule has 22 heavy (non-hydrogen) atoms. The number of methoxy groups -OCH3 is 1. The van der Waals surface area contributed by atoms with Crippen LogP contribution in [-0.2, 0) is 4.79 Å². The molecule has 2 N–H and O–H groups in total. The quantitative estimate of drug-likeness (QED) is 0.851. The normalized spacial score (nSPS) is 10.4. The number of ether oxygens (including phenoxy) is 1. The molecule has 2 aromatic carbocycles. The van der Waals surface area contributed by atoms with Gasteiger partial charge in [0.2, 0.25) is 5.91 Å². The van der Waals surface area contributed by atoms with Gasteiger partial charge in [-0.15, -0.1) is 0 Å². The van der Waals surface area contributed by atoms with Crippen LogP contribution in [0.2, 0.25) is 0 Å². The molecule has 0 spiro atoms. The fourth-order valence-corrected chi connectivity index (χ4v) is 2.05. The first-order chi connectivity index (χ1) is 10.6. The molecule has 2 rings (SSSR count). The van der Waals surface area contributed by atoms with E-state index in [1.165, 1.54) is 5.56 Å². The van der Waals surface area contributed by atoms with Gasteiger partial charge in [0.25, 0.3) is 0 Å². The topological polar surface area (TPSA) is 50.4 Å². The number of hydrogen-bond donors (Lipinski definition) is 2. The molecule has 0 saturated heterocycles. The van der Waals surface area contributed by atoms with Gasteiger partial charge in [0.15, 0.2) is 0 Å². The van der Waals surface area contributed by atoms with Crippen LogP contribution < -0.4 is 15.4 Å². The summed E-state index contributed by atoms with van der Waals surface area (Å²) in [7, 11) is 1.63. The highest BCUT2D eigenvalue weighted by molar-refractivity contribution is 5.93. The standard InChI is InChI=1S/C18H22N2O2/c1-13(2)14-4-6-16(7-5-14)20-18(21)12-19-15-8-10-17(22-3)11-9-15/h4-11,13,19H,12H2,1-3H3,(H,20,21). The second-order valence-electron chi connectivity index (χ2n) is 5.41. The van der Waals surface area contributed by atoms with E-state index in [2.05, 4.69) is 24.5 Å². The predicted octanol–water partition coefficient (Wildman–Crippen LogP) is 3.87. The Labute approximate surface area is 131 Å². The molecule has 1 amide bonds. The van der Waals surface area contributed by atoms with E-state index in [-0.39, 0.29) is 12.5 Å². The SMILES string of the molecule is COc1ccc(NCC(=O)Nc2ccc(C(C)C)cc2)cc1. The van der Waals surface area contributed by atoms with E-state index in [0.29, 0.717) is 5.92 Å². The molecule has 0 atom stereocenters. The van der Waals surface area contributed by atoms with Crippen LogP contribution in [0.15, 0.2) is 48.5 Å². The van der Waals surface area contributed by atoms with Crippen molar-refractivity contribution in [3.63, 3.8) is 0 Å². The summed E-state index contributed by atoms with van der Waals surface area (Å²) in [5, 5.41) is 5.95. The fraction of sp³-hybridized carbons (Fsp3) is 0.278. The lowest BCUT2D eigenvalue weighted by Gasteiger charge is -2.10. The molecule has 4 heteroatoms. The highest BCUT2D eigenvalue weighted by Crippen LogP contribution is 2.17. The van der Waals surface area contributed by atoms with Crippen LogP contribution in [0.1, 0.15) is 25.3 Å². The van der Waals surface area contributed by atoms with Crippen molar-refractivity contribution in [1.82, 2.24) is 0 Å². The minimum atomic E-state index is -0.0758.